The number of hydrogen-bond donors (Lipinski definition) is 2. The number of nitrogens with two attached hydrogens (primary N) is 1. The second kappa shape index (κ2) is 10.1. The van der Waals surface area contributed by atoms with Crippen molar-refractivity contribution in [3.8, 4) is 5.75 Å². The van der Waals surface area contributed by atoms with Crippen LogP contribution in [0.15, 0.2) is 36.7 Å². The van der Waals surface area contributed by atoms with Crippen LogP contribution in [-0.4, -0.2) is 54.0 Å². The van der Waals surface area contributed by atoms with Crippen LogP contribution >= 0.6 is 23.4 Å². The Morgan fingerprint density at radius 1 is 1.22 bits per heavy atom. The minimum Gasteiger partial charge on any atom is -0.483 e. The molecule has 0 bridgehead atoms. The zero-order valence-corrected chi connectivity index (χ0v) is 19.3. The summed E-state index contributed by atoms with van der Waals surface area (Å²) >= 11 is 8.12. The molecule has 3 atom stereocenters. The molecule has 0 saturated carbocycles. The summed E-state index contributed by atoms with van der Waals surface area (Å²) in [6, 6.07) is 7.61. The monoisotopic (exact) mass is 478 g/mol. The molecule has 170 valence electrons. The van der Waals surface area contributed by atoms with E-state index in [1.54, 1.807) is 30.0 Å². The van der Waals surface area contributed by atoms with Crippen LogP contribution < -0.4 is 15.8 Å². The van der Waals surface area contributed by atoms with Gasteiger partial charge in [0.2, 0.25) is 0 Å². The first-order chi connectivity index (χ1) is 15.5. The Hall–Kier alpha value is -2.33. The molecule has 2 aliphatic heterocycles. The number of benzene rings is 2. The van der Waals surface area contributed by atoms with Gasteiger partial charge in [-0.15, -0.1) is 0 Å². The highest BCUT2D eigenvalue weighted by atomic mass is 35.5. The van der Waals surface area contributed by atoms with E-state index in [1.165, 1.54) is 18.5 Å². The third kappa shape index (κ3) is 4.85. The highest BCUT2D eigenvalue weighted by molar-refractivity contribution is 7.97. The predicted octanol–water partition coefficient (Wildman–Crippen LogP) is 4.66. The number of nitrogens with one attached hydrogen (secondary N) is 1. The average Bonchev–Trinajstić information content (AvgIpc) is 3.35. The first-order valence-electron chi connectivity index (χ1n) is 10.1. The van der Waals surface area contributed by atoms with E-state index in [2.05, 4.69) is 15.3 Å². The molecule has 7 nitrogen and oxygen atoms in total. The highest BCUT2D eigenvalue weighted by Crippen LogP contribution is 2.36. The summed E-state index contributed by atoms with van der Waals surface area (Å²) in [5, 5.41) is 4.22. The number of halogens is 2. The number of aromatic nitrogens is 2. The van der Waals surface area contributed by atoms with E-state index < -0.39 is 5.82 Å². The largest absolute Gasteiger partial charge is 0.483 e. The van der Waals surface area contributed by atoms with Gasteiger partial charge >= 0.3 is 0 Å². The lowest BCUT2D eigenvalue weighted by Gasteiger charge is -2.21. The number of rotatable bonds is 4. The van der Waals surface area contributed by atoms with E-state index in [4.69, 9.17) is 31.5 Å². The Morgan fingerprint density at radius 2 is 2.03 bits per heavy atom. The number of nitrogens with zero attached hydrogens (tertiary/aromatic N) is 2. The van der Waals surface area contributed by atoms with Crippen molar-refractivity contribution < 1.29 is 18.6 Å². The number of fused-ring (bicyclic) bond motifs is 2. The molecule has 2 fully saturated rings. The SMILES string of the molecule is CSC.Nc1cc(Cl)c2c(Nc3ccc(F)cc3OC3COC4CCOC43)ncnc2c1. The van der Waals surface area contributed by atoms with Gasteiger partial charge in [0.25, 0.3) is 0 Å². The van der Waals surface area contributed by atoms with Gasteiger partial charge in [-0.2, -0.15) is 11.8 Å². The van der Waals surface area contributed by atoms with Crippen LogP contribution in [0.25, 0.3) is 10.9 Å². The van der Waals surface area contributed by atoms with Crippen molar-refractivity contribution in [2.24, 2.45) is 0 Å². The van der Waals surface area contributed by atoms with Crippen LogP contribution in [-0.2, 0) is 9.47 Å². The van der Waals surface area contributed by atoms with Gasteiger partial charge in [0.15, 0.2) is 6.10 Å². The van der Waals surface area contributed by atoms with Crippen molar-refractivity contribution in [1.29, 1.82) is 0 Å². The van der Waals surface area contributed by atoms with Crippen molar-refractivity contribution in [1.82, 2.24) is 9.97 Å². The van der Waals surface area contributed by atoms with Gasteiger partial charge in [0, 0.05) is 18.4 Å². The normalized spacial score (nSPS) is 21.7. The number of thioether (sulfide) groups is 1. The second-order valence-electron chi connectivity index (χ2n) is 7.45. The first kappa shape index (κ1) is 22.8. The van der Waals surface area contributed by atoms with Crippen LogP contribution in [0.2, 0.25) is 5.02 Å². The zero-order valence-electron chi connectivity index (χ0n) is 17.7. The predicted molar refractivity (Wildman–Crippen MR) is 127 cm³/mol. The molecule has 0 aliphatic carbocycles. The van der Waals surface area contributed by atoms with Crippen LogP contribution in [0, 0.1) is 5.82 Å². The van der Waals surface area contributed by atoms with Gasteiger partial charge in [-0.3, -0.25) is 0 Å². The zero-order chi connectivity index (χ0) is 22.7. The van der Waals surface area contributed by atoms with E-state index in [1.807, 2.05) is 12.5 Å². The molecule has 3 heterocycles. The molecule has 0 radical (unpaired) electrons. The van der Waals surface area contributed by atoms with E-state index in [-0.39, 0.29) is 18.3 Å². The minimum atomic E-state index is -0.410. The van der Waals surface area contributed by atoms with Gasteiger partial charge in [0.1, 0.15) is 29.8 Å². The van der Waals surface area contributed by atoms with Crippen molar-refractivity contribution in [3.63, 3.8) is 0 Å². The molecule has 2 aromatic carbocycles. The summed E-state index contributed by atoms with van der Waals surface area (Å²) in [4.78, 5) is 8.52. The Morgan fingerprint density at radius 3 is 2.84 bits per heavy atom. The van der Waals surface area contributed by atoms with Crippen molar-refractivity contribution >= 4 is 51.5 Å². The Bertz CT molecular complexity index is 1110. The second-order valence-corrected chi connectivity index (χ2v) is 8.67. The first-order valence-corrected chi connectivity index (χ1v) is 12.1. The maximum Gasteiger partial charge on any atom is 0.151 e. The van der Waals surface area contributed by atoms with E-state index in [0.717, 1.165) is 6.42 Å². The molecule has 2 saturated heterocycles. The van der Waals surface area contributed by atoms with Gasteiger partial charge in [-0.1, -0.05) is 11.6 Å². The maximum atomic E-state index is 14.0. The fourth-order valence-corrected chi connectivity index (χ4v) is 4.09. The Balaban J connectivity index is 0.000000775. The minimum absolute atomic E-state index is 0.0278. The van der Waals surface area contributed by atoms with E-state index >= 15 is 0 Å². The molecule has 3 aromatic rings. The van der Waals surface area contributed by atoms with Crippen LogP contribution in [0.4, 0.5) is 21.6 Å². The van der Waals surface area contributed by atoms with Crippen LogP contribution in [0.1, 0.15) is 6.42 Å². The lowest BCUT2D eigenvalue weighted by Crippen LogP contribution is -2.32. The topological polar surface area (TPSA) is 91.5 Å². The van der Waals surface area contributed by atoms with Crippen LogP contribution in [0.3, 0.4) is 0 Å². The Kier molecular flexibility index (Phi) is 7.20. The number of hydrogen-bond acceptors (Lipinski definition) is 8. The van der Waals surface area contributed by atoms with Crippen molar-refractivity contribution in [3.05, 3.63) is 47.5 Å². The molecule has 3 unspecified atom stereocenters. The standard InChI is InChI=1S/C20H18ClFN4O3.C2H6S/c21-12-6-11(23)7-14-18(12)20(25-9-24-14)26-13-2-1-10(22)5-16(13)29-17-8-28-15-3-4-27-19(15)17;1-3-2/h1-2,5-7,9,15,17,19H,3-4,8,23H2,(H,24,25,26);1-2H3. The fourth-order valence-electron chi connectivity index (χ4n) is 3.78. The summed E-state index contributed by atoms with van der Waals surface area (Å²) in [6.45, 7) is 1.03. The summed E-state index contributed by atoms with van der Waals surface area (Å²) in [7, 11) is 0. The third-order valence-corrected chi connectivity index (χ3v) is 5.41. The molecular formula is C22H24ClFN4O3S. The molecule has 5 rings (SSSR count). The van der Waals surface area contributed by atoms with Crippen LogP contribution in [0.5, 0.6) is 5.75 Å². The molecule has 0 amide bonds. The molecular weight excluding hydrogens is 455 g/mol. The third-order valence-electron chi connectivity index (χ3n) is 5.11. The number of anilines is 3. The summed E-state index contributed by atoms with van der Waals surface area (Å²) in [5.41, 5.74) is 7.50. The average molecular weight is 479 g/mol. The number of nitrogen functional groups attached to an aromatic ring is 1. The molecule has 2 aliphatic rings. The summed E-state index contributed by atoms with van der Waals surface area (Å²) in [6.07, 6.45) is 5.90. The van der Waals surface area contributed by atoms with Crippen molar-refractivity contribution in [2.75, 3.05) is 36.8 Å². The van der Waals surface area contributed by atoms with E-state index in [0.29, 0.717) is 52.1 Å². The van der Waals surface area contributed by atoms with Gasteiger partial charge in [-0.05, 0) is 43.2 Å². The van der Waals surface area contributed by atoms with Gasteiger partial charge < -0.3 is 25.3 Å². The molecule has 3 N–H and O–H groups in total. The maximum absolute atomic E-state index is 14.0. The molecule has 32 heavy (non-hydrogen) atoms. The summed E-state index contributed by atoms with van der Waals surface area (Å²) in [5.74, 6) is 0.397. The van der Waals surface area contributed by atoms with Crippen molar-refractivity contribution in [2.45, 2.75) is 24.7 Å². The molecule has 10 heteroatoms. The van der Waals surface area contributed by atoms with E-state index in [9.17, 15) is 4.39 Å². The fraction of sp³-hybridized carbons (Fsp3) is 0.364. The quantitative estimate of drug-likeness (QED) is 0.523. The lowest BCUT2D eigenvalue weighted by molar-refractivity contribution is 0.0310. The van der Waals surface area contributed by atoms with Gasteiger partial charge in [0.05, 0.1) is 34.3 Å². The molecule has 0 spiro atoms. The van der Waals surface area contributed by atoms with Gasteiger partial charge in [-0.25, -0.2) is 14.4 Å². The summed E-state index contributed by atoms with van der Waals surface area (Å²) < 4.78 is 31.5. The molecule has 1 aromatic heterocycles. The highest BCUT2D eigenvalue weighted by Gasteiger charge is 2.43. The Labute approximate surface area is 194 Å². The number of ether oxygens (including phenoxy) is 3. The smallest absolute Gasteiger partial charge is 0.151 e. The lowest BCUT2D eigenvalue weighted by atomic mass is 10.1.